The molecule has 136 valence electrons. The van der Waals surface area contributed by atoms with Crippen LogP contribution < -0.4 is 0 Å². The van der Waals surface area contributed by atoms with Gasteiger partial charge in [-0.1, -0.05) is 6.92 Å². The normalized spacial score (nSPS) is 27.7. The molecule has 0 aromatic carbocycles. The van der Waals surface area contributed by atoms with Gasteiger partial charge in [0, 0.05) is 44.5 Å². The van der Waals surface area contributed by atoms with E-state index < -0.39 is 10.0 Å². The van der Waals surface area contributed by atoms with E-state index in [1.165, 1.54) is 25.7 Å². The minimum atomic E-state index is -3.46. The van der Waals surface area contributed by atoms with Gasteiger partial charge in [0.25, 0.3) is 10.0 Å². The first-order chi connectivity index (χ1) is 11.4. The van der Waals surface area contributed by atoms with E-state index in [2.05, 4.69) is 16.8 Å². The molecule has 1 aromatic rings. The standard InChI is InChI=1S/C17H30N4O2S/c1-14(2)20-12-17(18-13-20)24(22,23)21-10-8-19(9-11-21)16-6-4-15(3)5-7-16/h12-16H,4-11H2,1-3H3. The quantitative estimate of drug-likeness (QED) is 0.833. The van der Waals surface area contributed by atoms with E-state index in [-0.39, 0.29) is 11.1 Å². The topological polar surface area (TPSA) is 58.4 Å². The molecule has 0 bridgehead atoms. The lowest BCUT2D eigenvalue weighted by Crippen LogP contribution is -2.52. The lowest BCUT2D eigenvalue weighted by molar-refractivity contribution is 0.101. The third-order valence-corrected chi connectivity index (χ3v) is 7.34. The average Bonchev–Trinajstić information content (AvgIpc) is 3.07. The van der Waals surface area contributed by atoms with Gasteiger partial charge < -0.3 is 4.57 Å². The highest BCUT2D eigenvalue weighted by Gasteiger charge is 2.33. The monoisotopic (exact) mass is 354 g/mol. The maximum atomic E-state index is 12.8. The summed E-state index contributed by atoms with van der Waals surface area (Å²) in [5.74, 6) is 0.846. The number of hydrogen-bond acceptors (Lipinski definition) is 4. The smallest absolute Gasteiger partial charge is 0.262 e. The molecule has 0 N–H and O–H groups in total. The number of imidazole rings is 1. The molecule has 7 heteroatoms. The summed E-state index contributed by atoms with van der Waals surface area (Å²) in [5, 5.41) is 0.177. The first kappa shape index (κ1) is 17.9. The summed E-state index contributed by atoms with van der Waals surface area (Å²) in [4.78, 5) is 6.61. The van der Waals surface area contributed by atoms with Crippen molar-refractivity contribution in [1.29, 1.82) is 0 Å². The number of sulfonamides is 1. The molecule has 2 aliphatic rings. The van der Waals surface area contributed by atoms with Crippen LogP contribution >= 0.6 is 0 Å². The molecular weight excluding hydrogens is 324 g/mol. The summed E-state index contributed by atoms with van der Waals surface area (Å²) in [6.45, 7) is 9.18. The van der Waals surface area contributed by atoms with Crippen molar-refractivity contribution in [3.63, 3.8) is 0 Å². The van der Waals surface area contributed by atoms with Crippen molar-refractivity contribution in [3.05, 3.63) is 12.5 Å². The lowest BCUT2D eigenvalue weighted by atomic mass is 9.86. The van der Waals surface area contributed by atoms with Crippen LogP contribution in [0.2, 0.25) is 0 Å². The lowest BCUT2D eigenvalue weighted by Gasteiger charge is -2.41. The van der Waals surface area contributed by atoms with Crippen LogP contribution in [-0.4, -0.2) is 59.4 Å². The van der Waals surface area contributed by atoms with Crippen molar-refractivity contribution in [1.82, 2.24) is 18.8 Å². The molecule has 1 aliphatic heterocycles. The minimum absolute atomic E-state index is 0.177. The Labute approximate surface area is 145 Å². The number of hydrogen-bond donors (Lipinski definition) is 0. The van der Waals surface area contributed by atoms with Gasteiger partial charge in [-0.3, -0.25) is 4.90 Å². The molecular formula is C17H30N4O2S. The number of aromatic nitrogens is 2. The first-order valence-corrected chi connectivity index (χ1v) is 10.6. The second-order valence-corrected chi connectivity index (χ2v) is 9.49. The third-order valence-electron chi connectivity index (χ3n) is 5.55. The van der Waals surface area contributed by atoms with Crippen LogP contribution in [0.3, 0.4) is 0 Å². The first-order valence-electron chi connectivity index (χ1n) is 9.15. The molecule has 0 amide bonds. The van der Waals surface area contributed by atoms with Gasteiger partial charge >= 0.3 is 0 Å². The minimum Gasteiger partial charge on any atom is -0.334 e. The van der Waals surface area contributed by atoms with Gasteiger partial charge in [-0.15, -0.1) is 0 Å². The molecule has 1 saturated carbocycles. The molecule has 0 radical (unpaired) electrons. The largest absolute Gasteiger partial charge is 0.334 e. The van der Waals surface area contributed by atoms with Gasteiger partial charge in [0.2, 0.25) is 0 Å². The Morgan fingerprint density at radius 1 is 1.08 bits per heavy atom. The molecule has 0 atom stereocenters. The van der Waals surface area contributed by atoms with E-state index in [1.807, 2.05) is 18.4 Å². The Kier molecular flexibility index (Phi) is 5.32. The zero-order valence-corrected chi connectivity index (χ0v) is 15.9. The van der Waals surface area contributed by atoms with Gasteiger partial charge in [0.15, 0.2) is 5.03 Å². The fourth-order valence-electron chi connectivity index (χ4n) is 3.78. The molecule has 24 heavy (non-hydrogen) atoms. The molecule has 1 saturated heterocycles. The van der Waals surface area contributed by atoms with E-state index in [0.29, 0.717) is 19.1 Å². The molecule has 0 unspecified atom stereocenters. The number of rotatable bonds is 4. The van der Waals surface area contributed by atoms with E-state index in [1.54, 1.807) is 16.8 Å². The molecule has 2 fully saturated rings. The predicted molar refractivity (Wildman–Crippen MR) is 94.4 cm³/mol. The zero-order chi connectivity index (χ0) is 17.3. The number of nitrogens with zero attached hydrogens (tertiary/aromatic N) is 4. The average molecular weight is 355 g/mol. The van der Waals surface area contributed by atoms with Gasteiger partial charge in [-0.2, -0.15) is 4.31 Å². The second kappa shape index (κ2) is 7.14. The maximum absolute atomic E-state index is 12.8. The summed E-state index contributed by atoms with van der Waals surface area (Å²) in [6, 6.07) is 0.859. The molecule has 2 heterocycles. The summed E-state index contributed by atoms with van der Waals surface area (Å²) >= 11 is 0. The second-order valence-electron chi connectivity index (χ2n) is 7.61. The molecule has 1 aliphatic carbocycles. The van der Waals surface area contributed by atoms with E-state index in [4.69, 9.17) is 0 Å². The predicted octanol–water partition coefficient (Wildman–Crippen LogP) is 2.35. The van der Waals surface area contributed by atoms with Crippen molar-refractivity contribution in [2.24, 2.45) is 5.92 Å². The van der Waals surface area contributed by atoms with E-state index >= 15 is 0 Å². The van der Waals surface area contributed by atoms with Gasteiger partial charge in [-0.05, 0) is 45.4 Å². The van der Waals surface area contributed by atoms with Gasteiger partial charge in [0.1, 0.15) is 0 Å². The summed E-state index contributed by atoms with van der Waals surface area (Å²) in [6.07, 6.45) is 8.37. The summed E-state index contributed by atoms with van der Waals surface area (Å²) < 4.78 is 29.0. The van der Waals surface area contributed by atoms with Crippen LogP contribution in [0, 0.1) is 5.92 Å². The molecule has 3 rings (SSSR count). The molecule has 1 aromatic heterocycles. The summed E-state index contributed by atoms with van der Waals surface area (Å²) in [5.41, 5.74) is 0. The van der Waals surface area contributed by atoms with E-state index in [9.17, 15) is 8.42 Å². The molecule has 0 spiro atoms. The fraction of sp³-hybridized carbons (Fsp3) is 0.824. The van der Waals surface area contributed by atoms with E-state index in [0.717, 1.165) is 19.0 Å². The van der Waals surface area contributed by atoms with Gasteiger partial charge in [0.05, 0.1) is 6.33 Å². The van der Waals surface area contributed by atoms with Crippen LogP contribution in [-0.2, 0) is 10.0 Å². The Bertz CT molecular complexity index is 639. The highest BCUT2D eigenvalue weighted by Crippen LogP contribution is 2.28. The van der Waals surface area contributed by atoms with Crippen molar-refractivity contribution < 1.29 is 8.42 Å². The van der Waals surface area contributed by atoms with Crippen LogP contribution in [0.5, 0.6) is 0 Å². The Balaban J connectivity index is 1.61. The Morgan fingerprint density at radius 2 is 1.71 bits per heavy atom. The van der Waals surface area contributed by atoms with Crippen LogP contribution in [0.25, 0.3) is 0 Å². The number of piperazine rings is 1. The van der Waals surface area contributed by atoms with Crippen molar-refractivity contribution in [2.45, 2.75) is 63.6 Å². The Morgan fingerprint density at radius 3 is 2.25 bits per heavy atom. The maximum Gasteiger partial charge on any atom is 0.262 e. The third kappa shape index (κ3) is 3.68. The van der Waals surface area contributed by atoms with Crippen LogP contribution in [0.15, 0.2) is 17.6 Å². The zero-order valence-electron chi connectivity index (χ0n) is 15.1. The fourth-order valence-corrected chi connectivity index (χ4v) is 5.13. The highest BCUT2D eigenvalue weighted by atomic mass is 32.2. The summed E-state index contributed by atoms with van der Waals surface area (Å²) in [7, 11) is -3.46. The van der Waals surface area contributed by atoms with Crippen molar-refractivity contribution >= 4 is 10.0 Å². The highest BCUT2D eigenvalue weighted by molar-refractivity contribution is 7.89. The van der Waals surface area contributed by atoms with Crippen molar-refractivity contribution in [3.8, 4) is 0 Å². The molecule has 6 nitrogen and oxygen atoms in total. The van der Waals surface area contributed by atoms with Gasteiger partial charge in [-0.25, -0.2) is 13.4 Å². The van der Waals surface area contributed by atoms with Crippen molar-refractivity contribution in [2.75, 3.05) is 26.2 Å². The van der Waals surface area contributed by atoms with Crippen LogP contribution in [0.4, 0.5) is 0 Å². The Hall–Kier alpha value is -0.920. The van der Waals surface area contributed by atoms with Crippen LogP contribution in [0.1, 0.15) is 52.5 Å². The SMILES string of the molecule is CC1CCC(N2CCN(S(=O)(=O)c3cn(C(C)C)cn3)CC2)CC1.